The zero-order valence-corrected chi connectivity index (χ0v) is 11.5. The first-order chi connectivity index (χ1) is 8.61. The van der Waals surface area contributed by atoms with E-state index in [1.54, 1.807) is 10.9 Å². The Labute approximate surface area is 113 Å². The largest absolute Gasteiger partial charge is 0.478 e. The number of rotatable bonds is 4. The Morgan fingerprint density at radius 2 is 2.28 bits per heavy atom. The molecule has 1 N–H and O–H groups in total. The summed E-state index contributed by atoms with van der Waals surface area (Å²) in [5.41, 5.74) is 1.55. The van der Waals surface area contributed by atoms with Gasteiger partial charge in [0, 0.05) is 22.8 Å². The number of hydrogen-bond donors (Lipinski definition) is 1. The van der Waals surface area contributed by atoms with Gasteiger partial charge in [-0.1, -0.05) is 35.0 Å². The van der Waals surface area contributed by atoms with Gasteiger partial charge in [-0.15, -0.1) is 0 Å². The Morgan fingerprint density at radius 3 is 2.89 bits per heavy atom. The molecule has 0 aliphatic heterocycles. The minimum absolute atomic E-state index is 0.238. The molecule has 1 aromatic carbocycles. The molecule has 0 aliphatic carbocycles. The fraction of sp³-hybridized carbons (Fsp3) is 0.231. The molecule has 2 rings (SSSR count). The van der Waals surface area contributed by atoms with Crippen LogP contribution in [0.3, 0.4) is 0 Å². The van der Waals surface area contributed by atoms with E-state index in [-0.39, 0.29) is 5.56 Å². The molecular weight excluding hydrogens is 296 g/mol. The zero-order valence-electron chi connectivity index (χ0n) is 9.93. The van der Waals surface area contributed by atoms with E-state index in [9.17, 15) is 9.90 Å². The van der Waals surface area contributed by atoms with E-state index in [1.165, 1.54) is 0 Å². The molecule has 94 valence electrons. The molecule has 1 aromatic heterocycles. The molecule has 4 nitrogen and oxygen atoms in total. The Morgan fingerprint density at radius 1 is 1.50 bits per heavy atom. The number of carboxylic acid groups (broad SMARTS) is 1. The summed E-state index contributed by atoms with van der Waals surface area (Å²) in [6.07, 6.45) is 2.50. The second kappa shape index (κ2) is 5.35. The molecule has 0 saturated carbocycles. The van der Waals surface area contributed by atoms with Gasteiger partial charge < -0.3 is 5.11 Å². The highest BCUT2D eigenvalue weighted by atomic mass is 79.9. The van der Waals surface area contributed by atoms with Crippen LogP contribution < -0.4 is 0 Å². The first-order valence-corrected chi connectivity index (χ1v) is 6.47. The van der Waals surface area contributed by atoms with E-state index in [4.69, 9.17) is 0 Å². The first kappa shape index (κ1) is 12.8. The van der Waals surface area contributed by atoms with Gasteiger partial charge in [0.05, 0.1) is 0 Å². The van der Waals surface area contributed by atoms with E-state index in [0.717, 1.165) is 16.5 Å². The SMILES string of the molecule is CCCn1cc(C(=O)O)c(-c2cccc(Br)c2)n1. The number of aryl methyl sites for hydroxylation is 1. The van der Waals surface area contributed by atoms with Crippen LogP contribution in [0.5, 0.6) is 0 Å². The molecule has 0 saturated heterocycles. The van der Waals surface area contributed by atoms with Crippen LogP contribution in [0.25, 0.3) is 11.3 Å². The lowest BCUT2D eigenvalue weighted by atomic mass is 10.1. The van der Waals surface area contributed by atoms with E-state index in [1.807, 2.05) is 31.2 Å². The van der Waals surface area contributed by atoms with Crippen molar-refractivity contribution in [1.29, 1.82) is 0 Å². The highest BCUT2D eigenvalue weighted by Crippen LogP contribution is 2.25. The summed E-state index contributed by atoms with van der Waals surface area (Å²) < 4.78 is 2.58. The minimum Gasteiger partial charge on any atom is -0.478 e. The molecule has 2 aromatic rings. The molecule has 5 heteroatoms. The van der Waals surface area contributed by atoms with E-state index < -0.39 is 5.97 Å². The minimum atomic E-state index is -0.952. The molecule has 0 spiro atoms. The summed E-state index contributed by atoms with van der Waals surface area (Å²) >= 11 is 3.38. The zero-order chi connectivity index (χ0) is 13.1. The normalized spacial score (nSPS) is 10.6. The maximum absolute atomic E-state index is 11.2. The van der Waals surface area contributed by atoms with E-state index in [2.05, 4.69) is 21.0 Å². The fourth-order valence-corrected chi connectivity index (χ4v) is 2.17. The van der Waals surface area contributed by atoms with E-state index in [0.29, 0.717) is 12.2 Å². The molecule has 0 fully saturated rings. The summed E-state index contributed by atoms with van der Waals surface area (Å²) in [4.78, 5) is 11.2. The lowest BCUT2D eigenvalue weighted by molar-refractivity contribution is 0.0697. The van der Waals surface area contributed by atoms with Crippen LogP contribution in [-0.2, 0) is 6.54 Å². The first-order valence-electron chi connectivity index (χ1n) is 5.68. The third-order valence-corrected chi connectivity index (χ3v) is 3.04. The highest BCUT2D eigenvalue weighted by molar-refractivity contribution is 9.10. The predicted octanol–water partition coefficient (Wildman–Crippen LogP) is 3.42. The quantitative estimate of drug-likeness (QED) is 0.941. The van der Waals surface area contributed by atoms with Crippen molar-refractivity contribution in [2.24, 2.45) is 0 Å². The van der Waals surface area contributed by atoms with Crippen molar-refractivity contribution in [3.63, 3.8) is 0 Å². The average molecular weight is 309 g/mol. The summed E-state index contributed by atoms with van der Waals surface area (Å²) in [5, 5.41) is 13.6. The van der Waals surface area contributed by atoms with Gasteiger partial charge in [0.15, 0.2) is 0 Å². The molecule has 0 radical (unpaired) electrons. The molecule has 0 unspecified atom stereocenters. The number of aromatic nitrogens is 2. The number of carboxylic acids is 1. The highest BCUT2D eigenvalue weighted by Gasteiger charge is 2.16. The standard InChI is InChI=1S/C13H13BrN2O2/c1-2-6-16-8-11(13(17)18)12(15-16)9-4-3-5-10(14)7-9/h3-5,7-8H,2,6H2,1H3,(H,17,18). The smallest absolute Gasteiger partial charge is 0.339 e. The lowest BCUT2D eigenvalue weighted by Crippen LogP contribution is -1.97. The summed E-state index contributed by atoms with van der Waals surface area (Å²) in [5.74, 6) is -0.952. The third kappa shape index (κ3) is 2.61. The maximum Gasteiger partial charge on any atom is 0.339 e. The number of benzene rings is 1. The number of halogens is 1. The van der Waals surface area contributed by atoms with Crippen molar-refractivity contribution in [3.8, 4) is 11.3 Å². The van der Waals surface area contributed by atoms with Crippen LogP contribution in [0.4, 0.5) is 0 Å². The Balaban J connectivity index is 2.51. The van der Waals surface area contributed by atoms with Gasteiger partial charge in [0.2, 0.25) is 0 Å². The summed E-state index contributed by atoms with van der Waals surface area (Å²) in [7, 11) is 0. The van der Waals surface area contributed by atoms with Crippen molar-refractivity contribution >= 4 is 21.9 Å². The van der Waals surface area contributed by atoms with Crippen molar-refractivity contribution in [1.82, 2.24) is 9.78 Å². The second-order valence-corrected chi connectivity index (χ2v) is 4.89. The molecule has 1 heterocycles. The van der Waals surface area contributed by atoms with Gasteiger partial charge in [-0.05, 0) is 18.6 Å². The van der Waals surface area contributed by atoms with Gasteiger partial charge in [-0.2, -0.15) is 5.10 Å². The van der Waals surface area contributed by atoms with Crippen LogP contribution in [0.1, 0.15) is 23.7 Å². The van der Waals surface area contributed by atoms with Crippen LogP contribution >= 0.6 is 15.9 Å². The van der Waals surface area contributed by atoms with Crippen LogP contribution in [0.2, 0.25) is 0 Å². The Hall–Kier alpha value is -1.62. The molecule has 0 amide bonds. The third-order valence-electron chi connectivity index (χ3n) is 2.54. The van der Waals surface area contributed by atoms with E-state index >= 15 is 0 Å². The average Bonchev–Trinajstić information content (AvgIpc) is 2.74. The molecule has 0 atom stereocenters. The maximum atomic E-state index is 11.2. The van der Waals surface area contributed by atoms with Crippen molar-refractivity contribution in [2.45, 2.75) is 19.9 Å². The van der Waals surface area contributed by atoms with Crippen molar-refractivity contribution < 1.29 is 9.90 Å². The van der Waals surface area contributed by atoms with Gasteiger partial charge >= 0.3 is 5.97 Å². The van der Waals surface area contributed by atoms with Crippen molar-refractivity contribution in [3.05, 3.63) is 40.5 Å². The second-order valence-electron chi connectivity index (χ2n) is 3.97. The lowest BCUT2D eigenvalue weighted by Gasteiger charge is -2.00. The number of carbonyl (C=O) groups is 1. The Bertz CT molecular complexity index is 578. The van der Waals surface area contributed by atoms with Gasteiger partial charge in [0.25, 0.3) is 0 Å². The Kier molecular flexibility index (Phi) is 3.81. The number of hydrogen-bond acceptors (Lipinski definition) is 2. The summed E-state index contributed by atoms with van der Waals surface area (Å²) in [6.45, 7) is 2.75. The molecule has 0 aliphatic rings. The molecular formula is C13H13BrN2O2. The van der Waals surface area contributed by atoms with Gasteiger partial charge in [0.1, 0.15) is 11.3 Å². The van der Waals surface area contributed by atoms with Gasteiger partial charge in [-0.3, -0.25) is 4.68 Å². The van der Waals surface area contributed by atoms with Crippen LogP contribution in [-0.4, -0.2) is 20.9 Å². The van der Waals surface area contributed by atoms with Crippen LogP contribution in [0.15, 0.2) is 34.9 Å². The van der Waals surface area contributed by atoms with Crippen LogP contribution in [0, 0.1) is 0 Å². The summed E-state index contributed by atoms with van der Waals surface area (Å²) in [6, 6.07) is 7.48. The van der Waals surface area contributed by atoms with Crippen molar-refractivity contribution in [2.75, 3.05) is 0 Å². The number of aromatic carboxylic acids is 1. The monoisotopic (exact) mass is 308 g/mol. The topological polar surface area (TPSA) is 55.1 Å². The predicted molar refractivity (Wildman–Crippen MR) is 72.6 cm³/mol. The van der Waals surface area contributed by atoms with Gasteiger partial charge in [-0.25, -0.2) is 4.79 Å². The number of nitrogens with zero attached hydrogens (tertiary/aromatic N) is 2. The fourth-order valence-electron chi connectivity index (χ4n) is 1.77. The molecule has 18 heavy (non-hydrogen) atoms. The molecule has 0 bridgehead atoms.